The number of sulfone groups is 1. The number of nitrogens with one attached hydrogen (secondary N) is 1. The summed E-state index contributed by atoms with van der Waals surface area (Å²) in [5.41, 5.74) is 1.95. The Labute approximate surface area is 161 Å². The lowest BCUT2D eigenvalue weighted by molar-refractivity contribution is 0.0945. The summed E-state index contributed by atoms with van der Waals surface area (Å²) < 4.78 is 25.5. The molecule has 4 rings (SSSR count). The zero-order chi connectivity index (χ0) is 18.9. The average molecular weight is 403 g/mol. The fourth-order valence-corrected chi connectivity index (χ4v) is 5.56. The van der Waals surface area contributed by atoms with Gasteiger partial charge in [0.2, 0.25) is 0 Å². The van der Waals surface area contributed by atoms with Crippen molar-refractivity contribution < 1.29 is 13.2 Å². The van der Waals surface area contributed by atoms with Crippen LogP contribution in [0.25, 0.3) is 10.6 Å². The minimum absolute atomic E-state index is 0.0593. The van der Waals surface area contributed by atoms with Gasteiger partial charge in [0.15, 0.2) is 15.5 Å². The average Bonchev–Trinajstić information content (AvgIpc) is 3.39. The summed E-state index contributed by atoms with van der Waals surface area (Å²) in [5, 5.41) is 9.24. The Bertz CT molecular complexity index is 1040. The Morgan fingerprint density at radius 3 is 2.89 bits per heavy atom. The number of thiophene rings is 1. The highest BCUT2D eigenvalue weighted by atomic mass is 32.2. The quantitative estimate of drug-likeness (QED) is 0.707. The number of rotatable bonds is 5. The van der Waals surface area contributed by atoms with Crippen LogP contribution < -0.4 is 5.32 Å². The van der Waals surface area contributed by atoms with Crippen LogP contribution >= 0.6 is 11.3 Å². The van der Waals surface area contributed by atoms with E-state index in [0.717, 1.165) is 16.1 Å². The monoisotopic (exact) mass is 402 g/mol. The molecule has 1 amide bonds. The number of pyridine rings is 1. The van der Waals surface area contributed by atoms with E-state index in [0.29, 0.717) is 13.0 Å². The van der Waals surface area contributed by atoms with Gasteiger partial charge >= 0.3 is 0 Å². The molecule has 0 unspecified atom stereocenters. The van der Waals surface area contributed by atoms with Crippen molar-refractivity contribution in [2.45, 2.75) is 19.0 Å². The van der Waals surface area contributed by atoms with Crippen LogP contribution in [-0.4, -0.2) is 40.6 Å². The number of aromatic nitrogens is 3. The van der Waals surface area contributed by atoms with Crippen molar-refractivity contribution >= 4 is 27.1 Å². The molecule has 0 aromatic carbocycles. The maximum absolute atomic E-state index is 12.6. The molecule has 3 aromatic rings. The van der Waals surface area contributed by atoms with E-state index in [1.54, 1.807) is 23.1 Å². The standard InChI is InChI=1S/C18H18N4O3S2/c23-18(20-11-13-3-1-6-19-10-13)15-9-16(17-4-2-7-26-17)22(21-15)14-5-8-27(24,25)12-14/h1-4,6-7,9-10,14H,5,8,11-12H2,(H,20,23)/t14-/m0/s1. The van der Waals surface area contributed by atoms with Crippen LogP contribution in [0.1, 0.15) is 28.5 Å². The number of carbonyl (C=O) groups is 1. The van der Waals surface area contributed by atoms with Gasteiger partial charge in [-0.3, -0.25) is 14.5 Å². The lowest BCUT2D eigenvalue weighted by Crippen LogP contribution is -2.24. The van der Waals surface area contributed by atoms with E-state index in [9.17, 15) is 13.2 Å². The summed E-state index contributed by atoms with van der Waals surface area (Å²) in [6.45, 7) is 0.353. The SMILES string of the molecule is O=C(NCc1cccnc1)c1cc(-c2cccs2)n([C@H]2CCS(=O)(=O)C2)n1. The molecule has 0 radical (unpaired) electrons. The van der Waals surface area contributed by atoms with E-state index in [1.165, 1.54) is 11.3 Å². The molecule has 27 heavy (non-hydrogen) atoms. The van der Waals surface area contributed by atoms with Gasteiger partial charge in [0.25, 0.3) is 5.91 Å². The van der Waals surface area contributed by atoms with Gasteiger partial charge in [-0.25, -0.2) is 8.42 Å². The van der Waals surface area contributed by atoms with E-state index in [1.807, 2.05) is 29.6 Å². The molecule has 0 spiro atoms. The highest BCUT2D eigenvalue weighted by molar-refractivity contribution is 7.91. The third kappa shape index (κ3) is 3.93. The van der Waals surface area contributed by atoms with Gasteiger partial charge in [-0.1, -0.05) is 12.1 Å². The molecule has 0 saturated carbocycles. The molecule has 9 heteroatoms. The first-order chi connectivity index (χ1) is 13.0. The highest BCUT2D eigenvalue weighted by Gasteiger charge is 2.32. The van der Waals surface area contributed by atoms with Crippen LogP contribution in [0.5, 0.6) is 0 Å². The van der Waals surface area contributed by atoms with Crippen molar-refractivity contribution in [3.63, 3.8) is 0 Å². The molecule has 3 aromatic heterocycles. The second kappa shape index (κ2) is 7.24. The maximum atomic E-state index is 12.6. The van der Waals surface area contributed by atoms with Crippen LogP contribution in [0.2, 0.25) is 0 Å². The Morgan fingerprint density at radius 2 is 2.22 bits per heavy atom. The summed E-state index contributed by atoms with van der Waals surface area (Å²) >= 11 is 1.53. The van der Waals surface area contributed by atoms with E-state index in [4.69, 9.17) is 0 Å². The first-order valence-corrected chi connectivity index (χ1v) is 11.2. The zero-order valence-corrected chi connectivity index (χ0v) is 16.0. The summed E-state index contributed by atoms with van der Waals surface area (Å²) in [7, 11) is -3.05. The minimum atomic E-state index is -3.05. The lowest BCUT2D eigenvalue weighted by Gasteiger charge is -2.12. The zero-order valence-electron chi connectivity index (χ0n) is 14.4. The van der Waals surface area contributed by atoms with Crippen molar-refractivity contribution in [2.75, 3.05) is 11.5 Å². The number of nitrogens with zero attached hydrogens (tertiary/aromatic N) is 3. The smallest absolute Gasteiger partial charge is 0.272 e. The molecule has 7 nitrogen and oxygen atoms in total. The first-order valence-electron chi connectivity index (χ1n) is 8.53. The number of hydrogen-bond acceptors (Lipinski definition) is 6. The normalized spacial score (nSPS) is 18.4. The molecule has 1 fully saturated rings. The van der Waals surface area contributed by atoms with Gasteiger partial charge < -0.3 is 5.32 Å². The van der Waals surface area contributed by atoms with Gasteiger partial charge in [0.05, 0.1) is 28.1 Å². The van der Waals surface area contributed by atoms with Gasteiger partial charge in [-0.15, -0.1) is 11.3 Å². The lowest BCUT2D eigenvalue weighted by atomic mass is 10.2. The maximum Gasteiger partial charge on any atom is 0.272 e. The summed E-state index contributed by atoms with van der Waals surface area (Å²) in [6.07, 6.45) is 3.88. The van der Waals surface area contributed by atoms with E-state index in [2.05, 4.69) is 15.4 Å². The molecule has 140 valence electrons. The molecule has 4 heterocycles. The number of carbonyl (C=O) groups excluding carboxylic acids is 1. The molecular weight excluding hydrogens is 384 g/mol. The van der Waals surface area contributed by atoms with E-state index >= 15 is 0 Å². The van der Waals surface area contributed by atoms with Crippen LogP contribution in [0.3, 0.4) is 0 Å². The fraction of sp³-hybridized carbons (Fsp3) is 0.278. The molecule has 1 aliphatic rings. The predicted molar refractivity (Wildman–Crippen MR) is 103 cm³/mol. The number of amides is 1. The van der Waals surface area contributed by atoms with Gasteiger partial charge in [-0.05, 0) is 35.6 Å². The molecular formula is C18H18N4O3S2. The van der Waals surface area contributed by atoms with Crippen molar-refractivity contribution in [3.8, 4) is 10.6 Å². The molecule has 0 bridgehead atoms. The van der Waals surface area contributed by atoms with E-state index in [-0.39, 0.29) is 29.1 Å². The topological polar surface area (TPSA) is 94.0 Å². The minimum Gasteiger partial charge on any atom is -0.347 e. The second-order valence-electron chi connectivity index (χ2n) is 6.44. The largest absolute Gasteiger partial charge is 0.347 e. The van der Waals surface area contributed by atoms with Crippen LogP contribution in [0.4, 0.5) is 0 Å². The Morgan fingerprint density at radius 1 is 1.33 bits per heavy atom. The molecule has 1 saturated heterocycles. The predicted octanol–water partition coefficient (Wildman–Crippen LogP) is 2.30. The third-order valence-electron chi connectivity index (χ3n) is 4.47. The molecule has 0 aliphatic carbocycles. The molecule has 1 aliphatic heterocycles. The third-order valence-corrected chi connectivity index (χ3v) is 7.11. The Hall–Kier alpha value is -2.52. The van der Waals surface area contributed by atoms with Crippen molar-refractivity contribution in [2.24, 2.45) is 0 Å². The summed E-state index contributed by atoms with van der Waals surface area (Å²) in [6, 6.07) is 9.05. The summed E-state index contributed by atoms with van der Waals surface area (Å²) in [4.78, 5) is 17.6. The molecule has 1 atom stereocenters. The second-order valence-corrected chi connectivity index (χ2v) is 9.61. The van der Waals surface area contributed by atoms with Crippen molar-refractivity contribution in [1.82, 2.24) is 20.1 Å². The van der Waals surface area contributed by atoms with Crippen molar-refractivity contribution in [3.05, 3.63) is 59.4 Å². The Kier molecular flexibility index (Phi) is 4.79. The van der Waals surface area contributed by atoms with Crippen LogP contribution in [0.15, 0.2) is 48.1 Å². The highest BCUT2D eigenvalue weighted by Crippen LogP contribution is 2.32. The van der Waals surface area contributed by atoms with Gasteiger partial charge in [0.1, 0.15) is 0 Å². The van der Waals surface area contributed by atoms with Crippen molar-refractivity contribution in [1.29, 1.82) is 0 Å². The van der Waals surface area contributed by atoms with E-state index < -0.39 is 9.84 Å². The number of hydrogen-bond donors (Lipinski definition) is 1. The Balaban J connectivity index is 1.60. The fourth-order valence-electron chi connectivity index (χ4n) is 3.14. The van der Waals surface area contributed by atoms with Crippen LogP contribution in [0, 0.1) is 0 Å². The van der Waals surface area contributed by atoms with Gasteiger partial charge in [-0.2, -0.15) is 5.10 Å². The van der Waals surface area contributed by atoms with Gasteiger partial charge in [0, 0.05) is 18.9 Å². The van der Waals surface area contributed by atoms with Crippen LogP contribution in [-0.2, 0) is 16.4 Å². The summed E-state index contributed by atoms with van der Waals surface area (Å²) in [5.74, 6) is -0.0791. The first kappa shape index (κ1) is 17.9. The molecule has 1 N–H and O–H groups in total.